The van der Waals surface area contributed by atoms with Crippen molar-refractivity contribution >= 4 is 19.8 Å². The van der Waals surface area contributed by atoms with E-state index < -0.39 is 37.0 Å². The first-order chi connectivity index (χ1) is 16.4. The van der Waals surface area contributed by atoms with E-state index in [-0.39, 0.29) is 9.93 Å². The summed E-state index contributed by atoms with van der Waals surface area (Å²) in [5.74, 6) is 0. The van der Waals surface area contributed by atoms with E-state index in [1.165, 1.54) is 18.2 Å². The lowest BCUT2D eigenvalue weighted by Gasteiger charge is -2.48. The Balaban J connectivity index is 2.34. The number of benzene rings is 3. The van der Waals surface area contributed by atoms with Crippen LogP contribution in [0.25, 0.3) is 0 Å². The molecular formula is C28H35NO4SSi. The van der Waals surface area contributed by atoms with Crippen LogP contribution in [0.2, 0.25) is 5.04 Å². The van der Waals surface area contributed by atoms with Crippen LogP contribution in [0.15, 0.2) is 109 Å². The Labute approximate surface area is 211 Å². The largest absolute Gasteiger partial charge is 0.408 e. The summed E-state index contributed by atoms with van der Waals surface area (Å²) in [4.78, 5) is 0.105. The fraction of sp³-hybridized carbons (Fsp3) is 0.286. The smallest absolute Gasteiger partial charge is 0.241 e. The molecule has 0 bridgehead atoms. The number of sulfonamides is 1. The van der Waals surface area contributed by atoms with E-state index >= 15 is 0 Å². The van der Waals surface area contributed by atoms with E-state index in [0.717, 1.165) is 11.1 Å². The average Bonchev–Trinajstić information content (AvgIpc) is 2.85. The van der Waals surface area contributed by atoms with Gasteiger partial charge in [0, 0.05) is 0 Å². The maximum Gasteiger partial charge on any atom is 0.241 e. The lowest BCUT2D eigenvalue weighted by molar-refractivity contribution is -0.0263. The molecule has 0 aliphatic heterocycles. The Morgan fingerprint density at radius 3 is 1.69 bits per heavy atom. The predicted octanol–water partition coefficient (Wildman–Crippen LogP) is 4.53. The van der Waals surface area contributed by atoms with Crippen LogP contribution in [0.1, 0.15) is 38.8 Å². The van der Waals surface area contributed by atoms with Gasteiger partial charge in [-0.25, -0.2) is 13.1 Å². The molecule has 186 valence electrons. The topological polar surface area (TPSA) is 75.6 Å². The molecule has 0 heterocycles. The molecule has 0 spiro atoms. The molecule has 35 heavy (non-hydrogen) atoms. The first kappa shape index (κ1) is 27.0. The van der Waals surface area contributed by atoms with Gasteiger partial charge in [0.05, 0.1) is 16.5 Å². The summed E-state index contributed by atoms with van der Waals surface area (Å²) in [5.41, 5.74) is -1.50. The van der Waals surface area contributed by atoms with Crippen LogP contribution < -0.4 is 4.72 Å². The molecule has 2 unspecified atom stereocenters. The summed E-state index contributed by atoms with van der Waals surface area (Å²) in [6.45, 7) is 11.7. The van der Waals surface area contributed by atoms with Crippen molar-refractivity contribution in [2.75, 3.05) is 0 Å². The van der Waals surface area contributed by atoms with Crippen molar-refractivity contribution < 1.29 is 18.0 Å². The Hall–Kier alpha value is -2.55. The highest BCUT2D eigenvalue weighted by atomic mass is 32.2. The molecular weight excluding hydrogens is 474 g/mol. The molecule has 2 atom stereocenters. The molecule has 0 aromatic heterocycles. The van der Waals surface area contributed by atoms with Crippen molar-refractivity contribution in [3.8, 4) is 0 Å². The average molecular weight is 510 g/mol. The summed E-state index contributed by atoms with van der Waals surface area (Å²) in [6.07, 6.45) is 1.37. The first-order valence-corrected chi connectivity index (χ1v) is 14.4. The van der Waals surface area contributed by atoms with Gasteiger partial charge in [-0.2, -0.15) is 0 Å². The van der Waals surface area contributed by atoms with Crippen LogP contribution in [0, 0.1) is 0 Å². The molecule has 0 saturated heterocycles. The van der Waals surface area contributed by atoms with Gasteiger partial charge < -0.3 is 9.53 Å². The molecule has 7 heteroatoms. The second-order valence-electron chi connectivity index (χ2n) is 10.1. The number of hydrogen-bond donors (Lipinski definition) is 2. The van der Waals surface area contributed by atoms with E-state index in [9.17, 15) is 13.5 Å². The van der Waals surface area contributed by atoms with Gasteiger partial charge >= 0.3 is 0 Å². The molecule has 0 aliphatic rings. The van der Waals surface area contributed by atoms with Crippen LogP contribution in [0.4, 0.5) is 0 Å². The second kappa shape index (κ2) is 10.6. The molecule has 3 aromatic carbocycles. The summed E-state index contributed by atoms with van der Waals surface area (Å²) >= 11 is 0. The lowest BCUT2D eigenvalue weighted by Crippen LogP contribution is -2.63. The molecule has 0 amide bonds. The summed E-state index contributed by atoms with van der Waals surface area (Å²) < 4.78 is 37.0. The van der Waals surface area contributed by atoms with Gasteiger partial charge in [0.15, 0.2) is 9.76 Å². The van der Waals surface area contributed by atoms with Crippen molar-refractivity contribution in [1.29, 1.82) is 0 Å². The van der Waals surface area contributed by atoms with E-state index in [1.807, 2.05) is 60.7 Å². The van der Waals surface area contributed by atoms with Gasteiger partial charge in [-0.05, 0) is 35.2 Å². The molecule has 0 saturated carbocycles. The van der Waals surface area contributed by atoms with Gasteiger partial charge in [0.1, 0.15) is 5.60 Å². The minimum absolute atomic E-state index is 0.0995. The van der Waals surface area contributed by atoms with Gasteiger partial charge in [0.25, 0.3) is 0 Å². The van der Waals surface area contributed by atoms with Crippen molar-refractivity contribution in [3.63, 3.8) is 0 Å². The van der Waals surface area contributed by atoms with Crippen LogP contribution in [0.3, 0.4) is 0 Å². The van der Waals surface area contributed by atoms with E-state index in [2.05, 4.69) is 32.1 Å². The van der Waals surface area contributed by atoms with E-state index in [0.29, 0.717) is 0 Å². The number of aliphatic hydroxyl groups is 1. The highest BCUT2D eigenvalue weighted by molar-refractivity contribution is 7.89. The zero-order valence-electron chi connectivity index (χ0n) is 20.8. The van der Waals surface area contributed by atoms with Crippen molar-refractivity contribution in [1.82, 2.24) is 4.72 Å². The first-order valence-electron chi connectivity index (χ1n) is 11.6. The standard InChI is InChI=1S/C28H35NO4SSi/c1-6-27(5,30)25(29-34(31,32)24-20-14-9-15-21-24)28(33-35-26(2,3)4,22-16-10-7-11-17-22)23-18-12-8-13-19-23/h6-21,25,29-30H,1,35H2,2-5H3. The molecule has 0 fully saturated rings. The van der Waals surface area contributed by atoms with Crippen LogP contribution in [0.5, 0.6) is 0 Å². The minimum Gasteiger partial charge on any atom is -0.408 e. The zero-order valence-corrected chi connectivity index (χ0v) is 23.0. The van der Waals surface area contributed by atoms with Crippen LogP contribution in [-0.2, 0) is 20.1 Å². The number of nitrogens with one attached hydrogen (secondary N) is 1. The van der Waals surface area contributed by atoms with E-state index in [4.69, 9.17) is 4.43 Å². The minimum atomic E-state index is -4.03. The van der Waals surface area contributed by atoms with E-state index in [1.54, 1.807) is 25.1 Å². The zero-order chi connectivity index (χ0) is 25.7. The lowest BCUT2D eigenvalue weighted by atomic mass is 9.74. The monoisotopic (exact) mass is 509 g/mol. The second-order valence-corrected chi connectivity index (χ2v) is 14.5. The molecule has 3 aromatic rings. The van der Waals surface area contributed by atoms with Gasteiger partial charge in [-0.15, -0.1) is 6.58 Å². The summed E-state index contributed by atoms with van der Waals surface area (Å²) in [6, 6.07) is 26.0. The SMILES string of the molecule is C=CC(C)(O)C(NS(=O)(=O)c1ccccc1)C(O[SiH2]C(C)(C)C)(c1ccccc1)c1ccccc1. The van der Waals surface area contributed by atoms with Crippen LogP contribution >= 0.6 is 0 Å². The molecule has 0 radical (unpaired) electrons. The maximum absolute atomic E-state index is 13.6. The summed E-state index contributed by atoms with van der Waals surface area (Å²) in [7, 11) is -5.27. The Morgan fingerprint density at radius 1 is 0.857 bits per heavy atom. The van der Waals surface area contributed by atoms with Gasteiger partial charge in [-0.1, -0.05) is 106 Å². The van der Waals surface area contributed by atoms with Crippen molar-refractivity contribution in [2.45, 2.75) is 54.9 Å². The highest BCUT2D eigenvalue weighted by Gasteiger charge is 2.52. The Bertz CT molecular complexity index is 1170. The number of rotatable bonds is 10. The third kappa shape index (κ3) is 6.18. The highest BCUT2D eigenvalue weighted by Crippen LogP contribution is 2.43. The fourth-order valence-corrected chi connectivity index (χ4v) is 6.53. The van der Waals surface area contributed by atoms with Crippen LogP contribution in [-0.4, -0.2) is 34.9 Å². The third-order valence-corrected chi connectivity index (χ3v) is 8.77. The Morgan fingerprint density at radius 2 is 1.29 bits per heavy atom. The quantitative estimate of drug-likeness (QED) is 0.311. The molecule has 5 nitrogen and oxygen atoms in total. The fourth-order valence-electron chi connectivity index (χ4n) is 4.01. The Kier molecular flexibility index (Phi) is 8.19. The third-order valence-electron chi connectivity index (χ3n) is 5.87. The van der Waals surface area contributed by atoms with Gasteiger partial charge in [-0.3, -0.25) is 0 Å². The predicted molar refractivity (Wildman–Crippen MR) is 144 cm³/mol. The number of hydrogen-bond acceptors (Lipinski definition) is 4. The summed E-state index contributed by atoms with van der Waals surface area (Å²) in [5, 5.41) is 11.6. The normalized spacial score (nSPS) is 15.6. The maximum atomic E-state index is 13.6. The van der Waals surface area contributed by atoms with Crippen molar-refractivity contribution in [2.24, 2.45) is 0 Å². The van der Waals surface area contributed by atoms with Gasteiger partial charge in [0.2, 0.25) is 10.0 Å². The van der Waals surface area contributed by atoms with Crippen molar-refractivity contribution in [3.05, 3.63) is 115 Å². The molecule has 3 rings (SSSR count). The molecule has 0 aliphatic carbocycles. The molecule has 2 N–H and O–H groups in total.